The van der Waals surface area contributed by atoms with Gasteiger partial charge >= 0.3 is 0 Å². The van der Waals surface area contributed by atoms with Gasteiger partial charge in [0.25, 0.3) is 0 Å². The van der Waals surface area contributed by atoms with E-state index in [2.05, 4.69) is 16.9 Å². The summed E-state index contributed by atoms with van der Waals surface area (Å²) in [5.41, 5.74) is 8.25. The van der Waals surface area contributed by atoms with Crippen LogP contribution in [0.2, 0.25) is 0 Å². The van der Waals surface area contributed by atoms with Crippen molar-refractivity contribution in [1.82, 2.24) is 0 Å². The molecule has 0 saturated heterocycles. The first-order chi connectivity index (χ1) is 6.95. The van der Waals surface area contributed by atoms with Crippen molar-refractivity contribution in [2.45, 2.75) is 0 Å². The molecule has 0 unspecified atom stereocenters. The predicted molar refractivity (Wildman–Crippen MR) is 59.0 cm³/mol. The summed E-state index contributed by atoms with van der Waals surface area (Å²) in [4.78, 5) is 0. The third-order valence-corrected chi connectivity index (χ3v) is 1.84. The maximum absolute atomic E-state index is 3.10. The Morgan fingerprint density at radius 1 is 0.714 bits per heavy atom. The average molecular weight is 183 g/mol. The molecule has 2 N–H and O–H groups in total. The molecule has 0 atom stereocenters. The number of hydrogen-bond acceptors (Lipinski definition) is 2. The smallest absolute Gasteiger partial charge is 0.0540 e. The Labute approximate surface area is 83.6 Å². The second-order valence-corrected chi connectivity index (χ2v) is 2.90. The lowest BCUT2D eigenvalue weighted by Gasteiger charge is -2.08. The molecule has 0 saturated carbocycles. The van der Waals surface area contributed by atoms with Crippen LogP contribution in [0.5, 0.6) is 0 Å². The van der Waals surface area contributed by atoms with Gasteiger partial charge in [-0.3, -0.25) is 0 Å². The molecule has 0 aliphatic rings. The van der Waals surface area contributed by atoms with Crippen molar-refractivity contribution < 1.29 is 0 Å². The quantitative estimate of drug-likeness (QED) is 0.715. The van der Waals surface area contributed by atoms with Crippen molar-refractivity contribution in [3.05, 3.63) is 60.7 Å². The number of hydrazine groups is 1. The van der Waals surface area contributed by atoms with Gasteiger partial charge in [0.2, 0.25) is 0 Å². The number of anilines is 2. The van der Waals surface area contributed by atoms with Gasteiger partial charge in [0.1, 0.15) is 0 Å². The minimum absolute atomic E-state index is 1.02. The van der Waals surface area contributed by atoms with Crippen LogP contribution >= 0.6 is 0 Å². The fourth-order valence-corrected chi connectivity index (χ4v) is 1.14. The molecule has 2 rings (SSSR count). The minimum atomic E-state index is 1.02. The molecule has 0 bridgehead atoms. The number of para-hydroxylation sites is 1. The van der Waals surface area contributed by atoms with Crippen molar-refractivity contribution in [1.29, 1.82) is 0 Å². The molecule has 0 amide bonds. The lowest BCUT2D eigenvalue weighted by atomic mass is 10.3. The van der Waals surface area contributed by atoms with Gasteiger partial charge in [-0.1, -0.05) is 30.3 Å². The molecule has 69 valence electrons. The molecule has 1 radical (unpaired) electrons. The van der Waals surface area contributed by atoms with Crippen molar-refractivity contribution in [2.75, 3.05) is 10.9 Å². The Hall–Kier alpha value is -1.96. The zero-order valence-electron chi connectivity index (χ0n) is 7.70. The molecule has 2 heteroatoms. The second kappa shape index (κ2) is 4.33. The Balaban J connectivity index is 1.96. The largest absolute Gasteiger partial charge is 0.301 e. The predicted octanol–water partition coefficient (Wildman–Crippen LogP) is 2.93. The van der Waals surface area contributed by atoms with Gasteiger partial charge in [-0.05, 0) is 30.3 Å². The van der Waals surface area contributed by atoms with Crippen LogP contribution in [0, 0.1) is 6.07 Å². The normalized spacial score (nSPS) is 9.43. The van der Waals surface area contributed by atoms with Crippen molar-refractivity contribution in [3.63, 3.8) is 0 Å². The van der Waals surface area contributed by atoms with Crippen LogP contribution in [0.25, 0.3) is 0 Å². The molecule has 0 aliphatic carbocycles. The molecule has 2 nitrogen and oxygen atoms in total. The van der Waals surface area contributed by atoms with Crippen molar-refractivity contribution in [2.24, 2.45) is 0 Å². The van der Waals surface area contributed by atoms with E-state index in [1.807, 2.05) is 54.6 Å². The first-order valence-corrected chi connectivity index (χ1v) is 4.48. The fraction of sp³-hybridized carbons (Fsp3) is 0. The maximum atomic E-state index is 3.10. The third kappa shape index (κ3) is 2.26. The molecule has 14 heavy (non-hydrogen) atoms. The van der Waals surface area contributed by atoms with E-state index in [1.54, 1.807) is 0 Å². The van der Waals surface area contributed by atoms with Crippen LogP contribution in [0.1, 0.15) is 0 Å². The highest BCUT2D eigenvalue weighted by Gasteiger charge is 1.88. The van der Waals surface area contributed by atoms with E-state index in [0.29, 0.717) is 0 Å². The highest BCUT2D eigenvalue weighted by atomic mass is 15.4. The summed E-state index contributed by atoms with van der Waals surface area (Å²) >= 11 is 0. The average Bonchev–Trinajstić information content (AvgIpc) is 2.29. The number of benzene rings is 2. The lowest BCUT2D eigenvalue weighted by molar-refractivity contribution is 1.41. The highest BCUT2D eigenvalue weighted by molar-refractivity contribution is 5.51. The fourth-order valence-electron chi connectivity index (χ4n) is 1.14. The summed E-state index contributed by atoms with van der Waals surface area (Å²) in [5.74, 6) is 0. The molecule has 0 aliphatic heterocycles. The van der Waals surface area contributed by atoms with Crippen molar-refractivity contribution in [3.8, 4) is 0 Å². The summed E-state index contributed by atoms with van der Waals surface area (Å²) in [5, 5.41) is 0. The summed E-state index contributed by atoms with van der Waals surface area (Å²) in [6.45, 7) is 0. The molecule has 0 heterocycles. The van der Waals surface area contributed by atoms with E-state index >= 15 is 0 Å². The summed E-state index contributed by atoms with van der Waals surface area (Å²) in [6, 6.07) is 20.6. The van der Waals surface area contributed by atoms with Crippen LogP contribution in [0.3, 0.4) is 0 Å². The highest BCUT2D eigenvalue weighted by Crippen LogP contribution is 2.08. The molecule has 0 spiro atoms. The number of rotatable bonds is 3. The molecule has 0 aromatic heterocycles. The van der Waals surface area contributed by atoms with Gasteiger partial charge in [-0.15, -0.1) is 0 Å². The molecular formula is C12H11N2. The minimum Gasteiger partial charge on any atom is -0.301 e. The zero-order valence-corrected chi connectivity index (χ0v) is 7.70. The molecule has 2 aromatic carbocycles. The van der Waals surface area contributed by atoms with E-state index in [0.717, 1.165) is 11.4 Å². The van der Waals surface area contributed by atoms with Gasteiger partial charge in [-0.2, -0.15) is 0 Å². The molecular weight excluding hydrogens is 172 g/mol. The first kappa shape index (κ1) is 8.63. The van der Waals surface area contributed by atoms with Gasteiger partial charge in [0, 0.05) is 0 Å². The lowest BCUT2D eigenvalue weighted by Crippen LogP contribution is -2.07. The van der Waals surface area contributed by atoms with Gasteiger partial charge in [-0.25, -0.2) is 0 Å². The monoisotopic (exact) mass is 183 g/mol. The van der Waals surface area contributed by atoms with E-state index in [9.17, 15) is 0 Å². The summed E-state index contributed by atoms with van der Waals surface area (Å²) in [6.07, 6.45) is 0. The van der Waals surface area contributed by atoms with Crippen molar-refractivity contribution >= 4 is 11.4 Å². The Morgan fingerprint density at radius 3 is 1.93 bits per heavy atom. The van der Waals surface area contributed by atoms with Gasteiger partial charge < -0.3 is 10.9 Å². The standard InChI is InChI=1S/C12H11N2/c1-3-7-11(8-4-1)13-14-12-9-5-2-6-10-12/h1,3-10,13-14H. The zero-order chi connectivity index (χ0) is 9.64. The van der Waals surface area contributed by atoms with Crippen LogP contribution in [-0.4, -0.2) is 0 Å². The van der Waals surface area contributed by atoms with Crippen LogP contribution in [0.15, 0.2) is 54.6 Å². The third-order valence-electron chi connectivity index (χ3n) is 1.84. The van der Waals surface area contributed by atoms with E-state index < -0.39 is 0 Å². The molecule has 0 fully saturated rings. The van der Waals surface area contributed by atoms with E-state index in [-0.39, 0.29) is 0 Å². The van der Waals surface area contributed by atoms with E-state index in [4.69, 9.17) is 0 Å². The number of hydrogen-bond donors (Lipinski definition) is 2. The molecule has 2 aromatic rings. The Morgan fingerprint density at radius 2 is 1.29 bits per heavy atom. The maximum Gasteiger partial charge on any atom is 0.0540 e. The van der Waals surface area contributed by atoms with Crippen LogP contribution in [-0.2, 0) is 0 Å². The second-order valence-electron chi connectivity index (χ2n) is 2.90. The van der Waals surface area contributed by atoms with Gasteiger partial charge in [0.15, 0.2) is 0 Å². The Kier molecular flexibility index (Phi) is 2.67. The Bertz CT molecular complexity index is 331. The topological polar surface area (TPSA) is 24.1 Å². The first-order valence-electron chi connectivity index (χ1n) is 4.48. The number of nitrogens with one attached hydrogen (secondary N) is 2. The van der Waals surface area contributed by atoms with Crippen LogP contribution in [0.4, 0.5) is 11.4 Å². The van der Waals surface area contributed by atoms with Crippen LogP contribution < -0.4 is 10.9 Å². The summed E-state index contributed by atoms with van der Waals surface area (Å²) in [7, 11) is 0. The summed E-state index contributed by atoms with van der Waals surface area (Å²) < 4.78 is 0. The SMILES string of the molecule is [c]1ccc(NNc2ccccc2)cc1. The van der Waals surface area contributed by atoms with Gasteiger partial charge in [0.05, 0.1) is 11.4 Å². The van der Waals surface area contributed by atoms with E-state index in [1.165, 1.54) is 0 Å².